The quantitative estimate of drug-likeness (QED) is 0.782. The fourth-order valence-electron chi connectivity index (χ4n) is 3.38. The lowest BCUT2D eigenvalue weighted by Crippen LogP contribution is -2.23. The Balaban J connectivity index is 1.62. The van der Waals surface area contributed by atoms with Crippen LogP contribution in [0, 0.1) is 6.92 Å². The highest BCUT2D eigenvalue weighted by Crippen LogP contribution is 2.33. The molecule has 0 radical (unpaired) electrons. The van der Waals surface area contributed by atoms with Crippen LogP contribution in [0.1, 0.15) is 35.8 Å². The molecule has 1 aliphatic heterocycles. The first-order valence-corrected chi connectivity index (χ1v) is 8.37. The maximum atomic E-state index is 6.27. The van der Waals surface area contributed by atoms with Gasteiger partial charge in [0.15, 0.2) is 0 Å². The van der Waals surface area contributed by atoms with E-state index in [1.807, 2.05) is 6.07 Å². The molecular formula is C18H19ClN4. The minimum absolute atomic E-state index is 0.326. The number of hydrogen-bond donors (Lipinski definition) is 1. The minimum atomic E-state index is 0.326. The lowest BCUT2D eigenvalue weighted by atomic mass is 10.2. The van der Waals surface area contributed by atoms with Crippen molar-refractivity contribution >= 4 is 22.6 Å². The van der Waals surface area contributed by atoms with Crippen molar-refractivity contribution in [3.8, 4) is 0 Å². The van der Waals surface area contributed by atoms with E-state index in [1.165, 1.54) is 12.0 Å². The van der Waals surface area contributed by atoms with Gasteiger partial charge in [-0.3, -0.25) is 9.88 Å². The Hall–Kier alpha value is -1.91. The number of aryl methyl sites for hydroxylation is 1. The number of pyridine rings is 1. The molecule has 1 aliphatic rings. The van der Waals surface area contributed by atoms with Crippen LogP contribution in [-0.4, -0.2) is 26.4 Å². The van der Waals surface area contributed by atoms with Crippen LogP contribution in [0.25, 0.3) is 11.0 Å². The zero-order valence-electron chi connectivity index (χ0n) is 13.1. The van der Waals surface area contributed by atoms with Gasteiger partial charge in [0.1, 0.15) is 5.82 Å². The molecule has 3 heterocycles. The van der Waals surface area contributed by atoms with Gasteiger partial charge in [-0.1, -0.05) is 17.7 Å². The predicted octanol–water partition coefficient (Wildman–Crippen LogP) is 4.26. The number of rotatable bonds is 3. The minimum Gasteiger partial charge on any atom is -0.341 e. The molecule has 1 unspecified atom stereocenters. The molecule has 1 aromatic carbocycles. The van der Waals surface area contributed by atoms with Crippen LogP contribution >= 0.6 is 11.6 Å². The van der Waals surface area contributed by atoms with Gasteiger partial charge in [0.2, 0.25) is 0 Å². The Morgan fingerprint density at radius 2 is 2.26 bits per heavy atom. The zero-order valence-corrected chi connectivity index (χ0v) is 13.8. The van der Waals surface area contributed by atoms with Crippen LogP contribution in [0.2, 0.25) is 5.02 Å². The third-order valence-corrected chi connectivity index (χ3v) is 4.91. The fourth-order valence-corrected chi connectivity index (χ4v) is 3.56. The molecule has 0 saturated carbocycles. The molecule has 0 bridgehead atoms. The number of benzene rings is 1. The molecule has 0 amide bonds. The van der Waals surface area contributed by atoms with Gasteiger partial charge in [-0.15, -0.1) is 0 Å². The van der Waals surface area contributed by atoms with Crippen molar-refractivity contribution in [2.24, 2.45) is 0 Å². The fraction of sp³-hybridized carbons (Fsp3) is 0.333. The van der Waals surface area contributed by atoms with Crippen LogP contribution in [0.3, 0.4) is 0 Å². The summed E-state index contributed by atoms with van der Waals surface area (Å²) in [6.45, 7) is 4.01. The number of aromatic amines is 1. The Morgan fingerprint density at radius 3 is 3.13 bits per heavy atom. The van der Waals surface area contributed by atoms with Crippen LogP contribution in [0.15, 0.2) is 36.7 Å². The summed E-state index contributed by atoms with van der Waals surface area (Å²) in [4.78, 5) is 14.8. The van der Waals surface area contributed by atoms with Gasteiger partial charge < -0.3 is 4.98 Å². The summed E-state index contributed by atoms with van der Waals surface area (Å²) < 4.78 is 0. The molecular weight excluding hydrogens is 308 g/mol. The van der Waals surface area contributed by atoms with Gasteiger partial charge in [0, 0.05) is 18.9 Å². The smallest absolute Gasteiger partial charge is 0.124 e. The van der Waals surface area contributed by atoms with E-state index in [0.29, 0.717) is 6.04 Å². The lowest BCUT2D eigenvalue weighted by molar-refractivity contribution is 0.241. The molecule has 1 N–H and O–H groups in total. The van der Waals surface area contributed by atoms with Crippen molar-refractivity contribution < 1.29 is 0 Å². The molecule has 3 aromatic rings. The van der Waals surface area contributed by atoms with Crippen molar-refractivity contribution in [2.75, 3.05) is 6.54 Å². The van der Waals surface area contributed by atoms with Crippen molar-refractivity contribution in [3.63, 3.8) is 0 Å². The van der Waals surface area contributed by atoms with Gasteiger partial charge in [-0.25, -0.2) is 4.98 Å². The number of likely N-dealkylation sites (tertiary alicyclic amines) is 1. The second kappa shape index (κ2) is 5.95. The summed E-state index contributed by atoms with van der Waals surface area (Å²) in [5.41, 5.74) is 4.54. The number of nitrogens with one attached hydrogen (secondary N) is 1. The number of H-pyrrole nitrogens is 1. The van der Waals surface area contributed by atoms with E-state index in [9.17, 15) is 0 Å². The Bertz CT molecular complexity index is 842. The molecule has 1 fully saturated rings. The summed E-state index contributed by atoms with van der Waals surface area (Å²) in [7, 11) is 0. The second-order valence-electron chi connectivity index (χ2n) is 6.24. The molecule has 4 rings (SSSR count). The van der Waals surface area contributed by atoms with E-state index in [1.54, 1.807) is 12.4 Å². The number of imidazole rings is 1. The highest BCUT2D eigenvalue weighted by molar-refractivity contribution is 6.31. The van der Waals surface area contributed by atoms with E-state index >= 15 is 0 Å². The van der Waals surface area contributed by atoms with E-state index in [2.05, 4.69) is 40.0 Å². The van der Waals surface area contributed by atoms with Crippen molar-refractivity contribution in [2.45, 2.75) is 32.4 Å². The third-order valence-electron chi connectivity index (χ3n) is 4.56. The molecule has 1 atom stereocenters. The first kappa shape index (κ1) is 14.7. The SMILES string of the molecule is Cc1ccc2nc(C3CCCN3Cc3ccncc3Cl)[nH]c2c1. The molecule has 2 aromatic heterocycles. The van der Waals surface area contributed by atoms with Gasteiger partial charge in [-0.2, -0.15) is 0 Å². The molecule has 1 saturated heterocycles. The van der Waals surface area contributed by atoms with Crippen LogP contribution in [0.4, 0.5) is 0 Å². The third kappa shape index (κ3) is 2.84. The predicted molar refractivity (Wildman–Crippen MR) is 92.5 cm³/mol. The standard InChI is InChI=1S/C18H19ClN4/c1-12-4-5-15-16(9-12)22-18(21-15)17-3-2-8-23(17)11-13-6-7-20-10-14(13)19/h4-7,9-10,17H,2-3,8,11H2,1H3,(H,21,22). The number of aromatic nitrogens is 3. The normalized spacial score (nSPS) is 18.8. The lowest BCUT2D eigenvalue weighted by Gasteiger charge is -2.23. The van der Waals surface area contributed by atoms with E-state index in [4.69, 9.17) is 16.6 Å². The van der Waals surface area contributed by atoms with Crippen LogP contribution in [-0.2, 0) is 6.54 Å². The molecule has 5 heteroatoms. The van der Waals surface area contributed by atoms with E-state index in [-0.39, 0.29) is 0 Å². The maximum Gasteiger partial charge on any atom is 0.124 e. The monoisotopic (exact) mass is 326 g/mol. The summed E-state index contributed by atoms with van der Waals surface area (Å²) in [6, 6.07) is 8.68. The summed E-state index contributed by atoms with van der Waals surface area (Å²) in [6.07, 6.45) is 5.83. The van der Waals surface area contributed by atoms with Gasteiger partial charge in [0.05, 0.1) is 22.1 Å². The first-order chi connectivity index (χ1) is 11.2. The van der Waals surface area contributed by atoms with Crippen LogP contribution < -0.4 is 0 Å². The van der Waals surface area contributed by atoms with Crippen LogP contribution in [0.5, 0.6) is 0 Å². The summed E-state index contributed by atoms with van der Waals surface area (Å²) in [5.74, 6) is 1.06. The number of nitrogens with zero attached hydrogens (tertiary/aromatic N) is 3. The van der Waals surface area contributed by atoms with Crippen molar-refractivity contribution in [3.05, 3.63) is 58.6 Å². The highest BCUT2D eigenvalue weighted by atomic mass is 35.5. The molecule has 23 heavy (non-hydrogen) atoms. The Morgan fingerprint density at radius 1 is 1.35 bits per heavy atom. The van der Waals surface area contributed by atoms with Crippen molar-refractivity contribution in [1.82, 2.24) is 19.9 Å². The second-order valence-corrected chi connectivity index (χ2v) is 6.65. The average molecular weight is 327 g/mol. The van der Waals surface area contributed by atoms with E-state index in [0.717, 1.165) is 47.0 Å². The maximum absolute atomic E-state index is 6.27. The topological polar surface area (TPSA) is 44.8 Å². The number of fused-ring (bicyclic) bond motifs is 1. The van der Waals surface area contributed by atoms with Crippen molar-refractivity contribution in [1.29, 1.82) is 0 Å². The molecule has 4 nitrogen and oxygen atoms in total. The largest absolute Gasteiger partial charge is 0.341 e. The zero-order chi connectivity index (χ0) is 15.8. The van der Waals surface area contributed by atoms with Gasteiger partial charge in [0.25, 0.3) is 0 Å². The Kier molecular flexibility index (Phi) is 3.79. The first-order valence-electron chi connectivity index (χ1n) is 7.99. The molecule has 0 aliphatic carbocycles. The van der Waals surface area contributed by atoms with E-state index < -0.39 is 0 Å². The summed E-state index contributed by atoms with van der Waals surface area (Å²) in [5, 5.41) is 0.735. The molecule has 118 valence electrons. The average Bonchev–Trinajstić information content (AvgIpc) is 3.15. The summed E-state index contributed by atoms with van der Waals surface area (Å²) >= 11 is 6.27. The number of halogens is 1. The number of hydrogen-bond acceptors (Lipinski definition) is 3. The Labute approximate surface area is 140 Å². The molecule has 0 spiro atoms. The highest BCUT2D eigenvalue weighted by Gasteiger charge is 2.28. The van der Waals surface area contributed by atoms with Gasteiger partial charge >= 0.3 is 0 Å². The van der Waals surface area contributed by atoms with Gasteiger partial charge in [-0.05, 0) is 55.6 Å².